The van der Waals surface area contributed by atoms with Gasteiger partial charge in [-0.1, -0.05) is 17.7 Å². The van der Waals surface area contributed by atoms with Gasteiger partial charge < -0.3 is 9.84 Å². The molecule has 1 aromatic heterocycles. The maximum absolute atomic E-state index is 9.43. The molecule has 1 aromatic carbocycles. The summed E-state index contributed by atoms with van der Waals surface area (Å²) >= 11 is 6.08. The van der Waals surface area contributed by atoms with Gasteiger partial charge in [0, 0.05) is 12.4 Å². The maximum Gasteiger partial charge on any atom is 0.138 e. The fraction of sp³-hybridized carbons (Fsp3) is 0.308. The SMILES string of the molecule is CC(O)c1ccc(OCCn2cccn2)c(Cl)c1. The van der Waals surface area contributed by atoms with Crippen molar-refractivity contribution in [3.05, 3.63) is 47.2 Å². The minimum Gasteiger partial charge on any atom is -0.490 e. The molecule has 0 aliphatic heterocycles. The van der Waals surface area contributed by atoms with Gasteiger partial charge in [0.1, 0.15) is 12.4 Å². The Kier molecular flexibility index (Phi) is 4.23. The number of hydrogen-bond acceptors (Lipinski definition) is 3. The highest BCUT2D eigenvalue weighted by Gasteiger charge is 2.06. The predicted octanol–water partition coefficient (Wildman–Crippen LogP) is 2.67. The molecule has 96 valence electrons. The topological polar surface area (TPSA) is 47.3 Å². The molecule has 0 spiro atoms. The standard InChI is InChI=1S/C13H15ClN2O2/c1-10(17)11-3-4-13(12(14)9-11)18-8-7-16-6-2-5-15-16/h2-6,9-10,17H,7-8H2,1H3. The number of halogens is 1. The molecule has 0 fully saturated rings. The van der Waals surface area contributed by atoms with Crippen molar-refractivity contribution >= 4 is 11.6 Å². The summed E-state index contributed by atoms with van der Waals surface area (Å²) in [5, 5.41) is 14.0. The van der Waals surface area contributed by atoms with E-state index in [9.17, 15) is 5.11 Å². The molecule has 0 amide bonds. The largest absolute Gasteiger partial charge is 0.490 e. The van der Waals surface area contributed by atoms with Crippen molar-refractivity contribution in [1.82, 2.24) is 9.78 Å². The summed E-state index contributed by atoms with van der Waals surface area (Å²) in [6.07, 6.45) is 3.08. The Balaban J connectivity index is 1.93. The molecule has 0 saturated carbocycles. The van der Waals surface area contributed by atoms with Gasteiger partial charge in [0.25, 0.3) is 0 Å². The van der Waals surface area contributed by atoms with E-state index in [1.54, 1.807) is 36.0 Å². The Morgan fingerprint density at radius 1 is 1.50 bits per heavy atom. The van der Waals surface area contributed by atoms with Crippen molar-refractivity contribution in [1.29, 1.82) is 0 Å². The highest BCUT2D eigenvalue weighted by molar-refractivity contribution is 6.32. The lowest BCUT2D eigenvalue weighted by Gasteiger charge is -2.10. The molecule has 1 N–H and O–H groups in total. The lowest BCUT2D eigenvalue weighted by atomic mass is 10.1. The Morgan fingerprint density at radius 3 is 2.94 bits per heavy atom. The zero-order valence-corrected chi connectivity index (χ0v) is 10.8. The normalized spacial score (nSPS) is 12.4. The van der Waals surface area contributed by atoms with E-state index < -0.39 is 6.10 Å². The number of hydrogen-bond donors (Lipinski definition) is 1. The van der Waals surface area contributed by atoms with E-state index in [0.717, 1.165) is 5.56 Å². The van der Waals surface area contributed by atoms with Crippen LogP contribution in [0.5, 0.6) is 5.75 Å². The van der Waals surface area contributed by atoms with Gasteiger partial charge in [-0.25, -0.2) is 0 Å². The number of aliphatic hydroxyl groups excluding tert-OH is 1. The fourth-order valence-electron chi connectivity index (χ4n) is 1.58. The fourth-order valence-corrected chi connectivity index (χ4v) is 1.82. The van der Waals surface area contributed by atoms with Crippen LogP contribution in [0.3, 0.4) is 0 Å². The molecule has 0 saturated heterocycles. The Morgan fingerprint density at radius 2 is 2.33 bits per heavy atom. The van der Waals surface area contributed by atoms with Crippen molar-refractivity contribution < 1.29 is 9.84 Å². The van der Waals surface area contributed by atoms with Crippen molar-refractivity contribution in [2.45, 2.75) is 19.6 Å². The van der Waals surface area contributed by atoms with E-state index >= 15 is 0 Å². The maximum atomic E-state index is 9.43. The van der Waals surface area contributed by atoms with Crippen LogP contribution in [0.2, 0.25) is 5.02 Å². The van der Waals surface area contributed by atoms with Crippen molar-refractivity contribution in [3.63, 3.8) is 0 Å². The van der Waals surface area contributed by atoms with E-state index in [4.69, 9.17) is 16.3 Å². The lowest BCUT2D eigenvalue weighted by Crippen LogP contribution is -2.08. The van der Waals surface area contributed by atoms with Gasteiger partial charge in [-0.15, -0.1) is 0 Å². The summed E-state index contributed by atoms with van der Waals surface area (Å²) in [6, 6.07) is 7.16. The molecule has 18 heavy (non-hydrogen) atoms. The van der Waals surface area contributed by atoms with E-state index in [1.807, 2.05) is 12.3 Å². The van der Waals surface area contributed by atoms with Crippen molar-refractivity contribution in [2.75, 3.05) is 6.61 Å². The van der Waals surface area contributed by atoms with Crippen LogP contribution in [0.4, 0.5) is 0 Å². The number of aliphatic hydroxyl groups is 1. The average Bonchev–Trinajstić information content (AvgIpc) is 2.84. The van der Waals surface area contributed by atoms with Crippen LogP contribution in [0.25, 0.3) is 0 Å². The first-order valence-electron chi connectivity index (χ1n) is 5.74. The lowest BCUT2D eigenvalue weighted by molar-refractivity contribution is 0.199. The molecule has 0 radical (unpaired) electrons. The molecule has 0 aliphatic rings. The number of benzene rings is 1. The zero-order valence-electron chi connectivity index (χ0n) is 10.1. The van der Waals surface area contributed by atoms with Crippen LogP contribution in [-0.2, 0) is 6.54 Å². The summed E-state index contributed by atoms with van der Waals surface area (Å²) in [4.78, 5) is 0. The molecular formula is C13H15ClN2O2. The van der Waals surface area contributed by atoms with Crippen molar-refractivity contribution in [3.8, 4) is 5.75 Å². The molecule has 5 heteroatoms. The Labute approximate surface area is 111 Å². The molecule has 0 aliphatic carbocycles. The average molecular weight is 267 g/mol. The van der Waals surface area contributed by atoms with E-state index in [-0.39, 0.29) is 0 Å². The van der Waals surface area contributed by atoms with Gasteiger partial charge in [-0.3, -0.25) is 4.68 Å². The summed E-state index contributed by atoms with van der Waals surface area (Å²) in [5.74, 6) is 0.619. The van der Waals surface area contributed by atoms with Gasteiger partial charge in [0.2, 0.25) is 0 Å². The molecule has 1 heterocycles. The third-order valence-electron chi connectivity index (χ3n) is 2.58. The first-order chi connectivity index (χ1) is 8.66. The number of rotatable bonds is 5. The first kappa shape index (κ1) is 12.9. The van der Waals surface area contributed by atoms with Gasteiger partial charge in [-0.05, 0) is 30.7 Å². The number of aromatic nitrogens is 2. The van der Waals surface area contributed by atoms with Gasteiger partial charge in [0.15, 0.2) is 0 Å². The van der Waals surface area contributed by atoms with E-state index in [1.165, 1.54) is 0 Å². The van der Waals surface area contributed by atoms with E-state index in [2.05, 4.69) is 5.10 Å². The van der Waals surface area contributed by atoms with Crippen LogP contribution in [0.15, 0.2) is 36.7 Å². The molecule has 2 aromatic rings. The van der Waals surface area contributed by atoms with Crippen LogP contribution in [0.1, 0.15) is 18.6 Å². The summed E-state index contributed by atoms with van der Waals surface area (Å²) < 4.78 is 7.36. The first-order valence-corrected chi connectivity index (χ1v) is 6.12. The second kappa shape index (κ2) is 5.89. The van der Waals surface area contributed by atoms with Gasteiger partial charge >= 0.3 is 0 Å². The monoisotopic (exact) mass is 266 g/mol. The quantitative estimate of drug-likeness (QED) is 0.905. The smallest absolute Gasteiger partial charge is 0.138 e. The third-order valence-corrected chi connectivity index (χ3v) is 2.87. The number of ether oxygens (including phenoxy) is 1. The minimum absolute atomic E-state index is 0.495. The van der Waals surface area contributed by atoms with Crippen LogP contribution in [-0.4, -0.2) is 21.5 Å². The van der Waals surface area contributed by atoms with E-state index in [0.29, 0.717) is 23.9 Å². The Bertz CT molecular complexity index is 498. The van der Waals surface area contributed by atoms with Gasteiger partial charge in [-0.2, -0.15) is 5.10 Å². The molecule has 1 unspecified atom stereocenters. The van der Waals surface area contributed by atoms with Crippen LogP contribution in [0, 0.1) is 0 Å². The summed E-state index contributed by atoms with van der Waals surface area (Å²) in [7, 11) is 0. The minimum atomic E-state index is -0.527. The second-order valence-corrected chi connectivity index (χ2v) is 4.39. The summed E-state index contributed by atoms with van der Waals surface area (Å²) in [6.45, 7) is 2.86. The van der Waals surface area contributed by atoms with Crippen LogP contribution < -0.4 is 4.74 Å². The summed E-state index contributed by atoms with van der Waals surface area (Å²) in [5.41, 5.74) is 0.777. The number of nitrogens with zero attached hydrogens (tertiary/aromatic N) is 2. The zero-order chi connectivity index (χ0) is 13.0. The predicted molar refractivity (Wildman–Crippen MR) is 69.8 cm³/mol. The molecule has 0 bridgehead atoms. The van der Waals surface area contributed by atoms with Crippen molar-refractivity contribution in [2.24, 2.45) is 0 Å². The second-order valence-electron chi connectivity index (χ2n) is 3.98. The molecule has 1 atom stereocenters. The van der Waals surface area contributed by atoms with Gasteiger partial charge in [0.05, 0.1) is 17.7 Å². The highest BCUT2D eigenvalue weighted by Crippen LogP contribution is 2.27. The molecular weight excluding hydrogens is 252 g/mol. The molecule has 4 nitrogen and oxygen atoms in total. The Hall–Kier alpha value is -1.52. The highest BCUT2D eigenvalue weighted by atomic mass is 35.5. The van der Waals surface area contributed by atoms with Crippen LogP contribution >= 0.6 is 11.6 Å². The molecule has 2 rings (SSSR count). The third kappa shape index (κ3) is 3.24.